The Morgan fingerprint density at radius 2 is 1.97 bits per heavy atom. The van der Waals surface area contributed by atoms with Gasteiger partial charge >= 0.3 is 6.03 Å². The summed E-state index contributed by atoms with van der Waals surface area (Å²) in [5.74, 6) is -0.655. The van der Waals surface area contributed by atoms with Crippen molar-refractivity contribution in [3.63, 3.8) is 0 Å². The highest BCUT2D eigenvalue weighted by molar-refractivity contribution is 6.76. The van der Waals surface area contributed by atoms with Gasteiger partial charge in [-0.25, -0.2) is 18.3 Å². The molecule has 2 amide bonds. The first-order valence-corrected chi connectivity index (χ1v) is 16.5. The Kier molecular flexibility index (Phi) is 8.57. The van der Waals surface area contributed by atoms with Crippen LogP contribution in [0.2, 0.25) is 25.7 Å². The molecule has 0 saturated heterocycles. The normalized spacial score (nSPS) is 13.9. The molecule has 1 aliphatic heterocycles. The molecule has 3 aromatic rings. The molecule has 0 spiro atoms. The molecule has 9 nitrogen and oxygen atoms in total. The number of nitrogens with two attached hydrogens (primary N) is 1. The second-order valence-corrected chi connectivity index (χ2v) is 16.4. The largest absolute Gasteiger partial charge is 0.497 e. The van der Waals surface area contributed by atoms with Crippen LogP contribution in [-0.2, 0) is 17.9 Å². The van der Waals surface area contributed by atoms with Gasteiger partial charge in [-0.1, -0.05) is 19.6 Å². The molecule has 0 unspecified atom stereocenters. The van der Waals surface area contributed by atoms with Crippen molar-refractivity contribution < 1.29 is 28.2 Å². The molecule has 39 heavy (non-hydrogen) atoms. The number of carbonyl (C=O) groups is 1. The number of carbonyl (C=O) groups excluding carboxylic acids is 1. The van der Waals surface area contributed by atoms with E-state index in [9.17, 15) is 14.3 Å². The van der Waals surface area contributed by atoms with Crippen molar-refractivity contribution in [1.29, 1.82) is 0 Å². The van der Waals surface area contributed by atoms with E-state index in [1.165, 1.54) is 36.3 Å². The molecule has 2 aromatic carbocycles. The molecule has 0 saturated carbocycles. The molecule has 0 radical (unpaired) electrons. The zero-order valence-corrected chi connectivity index (χ0v) is 23.6. The molecule has 0 aliphatic carbocycles. The summed E-state index contributed by atoms with van der Waals surface area (Å²) in [7, 11) is 0.186. The minimum absolute atomic E-state index is 0.187. The number of halogens is 2. The summed E-state index contributed by atoms with van der Waals surface area (Å²) >= 11 is 0. The Balaban J connectivity index is 1.49. The fourth-order valence-corrected chi connectivity index (χ4v) is 5.20. The third-order valence-corrected chi connectivity index (χ3v) is 8.33. The number of urea groups is 1. The van der Waals surface area contributed by atoms with Crippen LogP contribution in [0, 0.1) is 11.6 Å². The number of aliphatic hydroxyl groups is 1. The van der Waals surface area contributed by atoms with Crippen LogP contribution < -0.4 is 20.7 Å². The van der Waals surface area contributed by atoms with Gasteiger partial charge < -0.3 is 25.6 Å². The number of benzene rings is 2. The molecule has 2 heterocycles. The number of aromatic nitrogens is 2. The average Bonchev–Trinajstić information content (AvgIpc) is 3.46. The van der Waals surface area contributed by atoms with Gasteiger partial charge in [0.2, 0.25) is 0 Å². The van der Waals surface area contributed by atoms with Gasteiger partial charge in [0.25, 0.3) is 0 Å². The fraction of sp³-hybridized carbons (Fsp3) is 0.407. The molecule has 1 aromatic heterocycles. The van der Waals surface area contributed by atoms with E-state index < -0.39 is 38.4 Å². The maximum atomic E-state index is 15.3. The van der Waals surface area contributed by atoms with E-state index in [0.717, 1.165) is 11.6 Å². The standard InChI is InChI=1S/C27H35F2N5O4Si/c1-37-20-10-18(9-19(28)12-20)24(15-35)31-27(36)34-6-5-17-11-21(23(29)13-25(17)34)22-14-33(32-26(22)30)16-38-7-8-39(2,3)4/h9-14,24,35H,5-8,15-16H2,1-4H3,(H2,30,32)(H,31,36)/t24-/m1/s1. The molecular formula is C27H35F2N5O4Si. The van der Waals surface area contributed by atoms with Gasteiger partial charge in [-0.05, 0) is 47.9 Å². The van der Waals surface area contributed by atoms with Crippen LogP contribution in [0.25, 0.3) is 11.1 Å². The van der Waals surface area contributed by atoms with Crippen LogP contribution in [0.15, 0.2) is 36.5 Å². The Morgan fingerprint density at radius 1 is 1.21 bits per heavy atom. The highest BCUT2D eigenvalue weighted by atomic mass is 28.3. The topological polar surface area (TPSA) is 115 Å². The van der Waals surface area contributed by atoms with Crippen LogP contribution in [0.4, 0.5) is 25.1 Å². The third kappa shape index (κ3) is 6.75. The lowest BCUT2D eigenvalue weighted by atomic mass is 10.0. The van der Waals surface area contributed by atoms with Crippen molar-refractivity contribution in [2.24, 2.45) is 0 Å². The van der Waals surface area contributed by atoms with E-state index in [2.05, 4.69) is 30.1 Å². The van der Waals surface area contributed by atoms with Crippen LogP contribution in [0.3, 0.4) is 0 Å². The molecule has 1 aliphatic rings. The minimum atomic E-state index is -1.21. The number of rotatable bonds is 10. The molecule has 210 valence electrons. The van der Waals surface area contributed by atoms with Crippen molar-refractivity contribution in [1.82, 2.24) is 15.1 Å². The van der Waals surface area contributed by atoms with E-state index in [-0.39, 0.29) is 18.3 Å². The van der Waals surface area contributed by atoms with E-state index in [1.807, 2.05) is 0 Å². The fourth-order valence-electron chi connectivity index (χ4n) is 4.44. The first-order valence-electron chi connectivity index (χ1n) is 12.8. The Morgan fingerprint density at radius 3 is 2.67 bits per heavy atom. The zero-order valence-electron chi connectivity index (χ0n) is 22.6. The van der Waals surface area contributed by atoms with Crippen molar-refractivity contribution >= 4 is 25.6 Å². The lowest BCUT2D eigenvalue weighted by Crippen LogP contribution is -2.42. The third-order valence-electron chi connectivity index (χ3n) is 6.62. The van der Waals surface area contributed by atoms with Gasteiger partial charge in [-0.3, -0.25) is 4.90 Å². The van der Waals surface area contributed by atoms with E-state index >= 15 is 4.39 Å². The first kappa shape index (κ1) is 28.5. The number of methoxy groups -OCH3 is 1. The van der Waals surface area contributed by atoms with Crippen LogP contribution in [-0.4, -0.2) is 55.9 Å². The number of hydrogen-bond acceptors (Lipinski definition) is 6. The number of nitrogens with zero attached hydrogens (tertiary/aromatic N) is 3. The molecule has 0 bridgehead atoms. The smallest absolute Gasteiger partial charge is 0.322 e. The van der Waals surface area contributed by atoms with Crippen molar-refractivity contribution in [3.05, 3.63) is 59.3 Å². The van der Waals surface area contributed by atoms with Gasteiger partial charge in [-0.2, -0.15) is 5.10 Å². The van der Waals surface area contributed by atoms with E-state index in [4.69, 9.17) is 15.2 Å². The number of aliphatic hydroxyl groups excluding tert-OH is 1. The highest BCUT2D eigenvalue weighted by Crippen LogP contribution is 2.36. The summed E-state index contributed by atoms with van der Waals surface area (Å²) < 4.78 is 41.7. The second-order valence-electron chi connectivity index (χ2n) is 10.8. The Labute approximate surface area is 227 Å². The van der Waals surface area contributed by atoms with Crippen LogP contribution in [0.1, 0.15) is 17.2 Å². The number of anilines is 2. The number of fused-ring (bicyclic) bond motifs is 1. The van der Waals surface area contributed by atoms with Gasteiger partial charge in [0, 0.05) is 44.6 Å². The Bertz CT molecular complexity index is 1340. The summed E-state index contributed by atoms with van der Waals surface area (Å²) in [5.41, 5.74) is 8.40. The quantitative estimate of drug-likeness (QED) is 0.248. The Hall–Kier alpha value is -3.48. The number of ether oxygens (including phenoxy) is 2. The minimum Gasteiger partial charge on any atom is -0.497 e. The number of nitrogens with one attached hydrogen (secondary N) is 1. The van der Waals surface area contributed by atoms with Crippen molar-refractivity contribution in [3.8, 4) is 16.9 Å². The molecule has 1 atom stereocenters. The monoisotopic (exact) mass is 559 g/mol. The summed E-state index contributed by atoms with van der Waals surface area (Å²) in [5, 5.41) is 16.8. The number of amides is 2. The molecule has 0 fully saturated rings. The number of nitrogen functional groups attached to an aromatic ring is 1. The maximum Gasteiger partial charge on any atom is 0.322 e. The SMILES string of the molecule is COc1cc(F)cc([C@@H](CO)NC(=O)N2CCc3cc(-c4cn(COCC[Si](C)(C)C)nc4N)c(F)cc32)c1. The molecule has 4 N–H and O–H groups in total. The average molecular weight is 560 g/mol. The van der Waals surface area contributed by atoms with Gasteiger partial charge in [0.15, 0.2) is 5.82 Å². The number of hydrogen-bond donors (Lipinski definition) is 3. The molecule has 12 heteroatoms. The van der Waals surface area contributed by atoms with Crippen molar-refractivity contribution in [2.45, 2.75) is 44.9 Å². The van der Waals surface area contributed by atoms with Crippen molar-refractivity contribution in [2.75, 3.05) is 37.5 Å². The van der Waals surface area contributed by atoms with Gasteiger partial charge in [0.05, 0.1) is 25.4 Å². The van der Waals surface area contributed by atoms with Gasteiger partial charge in [-0.15, -0.1) is 0 Å². The lowest BCUT2D eigenvalue weighted by Gasteiger charge is -2.23. The molecular weight excluding hydrogens is 524 g/mol. The zero-order chi connectivity index (χ0) is 28.3. The predicted octanol–water partition coefficient (Wildman–Crippen LogP) is 4.54. The maximum absolute atomic E-state index is 15.3. The van der Waals surface area contributed by atoms with E-state index in [0.29, 0.717) is 42.0 Å². The molecule has 4 rings (SSSR count). The van der Waals surface area contributed by atoms with Crippen LogP contribution >= 0.6 is 0 Å². The second kappa shape index (κ2) is 11.7. The highest BCUT2D eigenvalue weighted by Gasteiger charge is 2.29. The lowest BCUT2D eigenvalue weighted by molar-refractivity contribution is 0.0788. The summed E-state index contributed by atoms with van der Waals surface area (Å²) in [6, 6.07) is 6.55. The van der Waals surface area contributed by atoms with Crippen LogP contribution in [0.5, 0.6) is 5.75 Å². The summed E-state index contributed by atoms with van der Waals surface area (Å²) in [6.45, 7) is 7.52. The first-order chi connectivity index (χ1) is 18.5. The summed E-state index contributed by atoms with van der Waals surface area (Å²) in [4.78, 5) is 14.5. The van der Waals surface area contributed by atoms with E-state index in [1.54, 1.807) is 16.9 Å². The summed E-state index contributed by atoms with van der Waals surface area (Å²) in [6.07, 6.45) is 2.16. The predicted molar refractivity (Wildman–Crippen MR) is 148 cm³/mol. The van der Waals surface area contributed by atoms with Gasteiger partial charge in [0.1, 0.15) is 24.1 Å².